The molecular weight excluding hydrogens is 214 g/mol. The molecule has 2 rings (SSSR count). The standard InChI is InChI=1S/C13H19N3O/c1-16(9-10-5-4-6-10)12-8-3-2-7-11(12)13(14)15-17/h2-3,7-8,10,17H,4-6,9H2,1H3,(H2,14,15). The minimum atomic E-state index is 0.168. The zero-order valence-electron chi connectivity index (χ0n) is 10.1. The van der Waals surface area contributed by atoms with Crippen LogP contribution in [0.1, 0.15) is 24.8 Å². The van der Waals surface area contributed by atoms with Crippen molar-refractivity contribution < 1.29 is 5.21 Å². The van der Waals surface area contributed by atoms with Crippen LogP contribution >= 0.6 is 0 Å². The second kappa shape index (κ2) is 5.08. The summed E-state index contributed by atoms with van der Waals surface area (Å²) in [5, 5.41) is 11.9. The lowest BCUT2D eigenvalue weighted by Gasteiger charge is -2.32. The lowest BCUT2D eigenvalue weighted by atomic mass is 9.85. The van der Waals surface area contributed by atoms with Crippen LogP contribution in [0.4, 0.5) is 5.69 Å². The van der Waals surface area contributed by atoms with Crippen molar-refractivity contribution in [2.75, 3.05) is 18.5 Å². The van der Waals surface area contributed by atoms with Gasteiger partial charge in [-0.1, -0.05) is 23.7 Å². The quantitative estimate of drug-likeness (QED) is 0.362. The molecule has 1 aliphatic carbocycles. The fraction of sp³-hybridized carbons (Fsp3) is 0.462. The van der Waals surface area contributed by atoms with E-state index in [0.717, 1.165) is 23.7 Å². The molecule has 0 atom stereocenters. The van der Waals surface area contributed by atoms with Crippen molar-refractivity contribution in [2.45, 2.75) is 19.3 Å². The van der Waals surface area contributed by atoms with Gasteiger partial charge in [-0.2, -0.15) is 0 Å². The number of hydrogen-bond donors (Lipinski definition) is 2. The third-order valence-electron chi connectivity index (χ3n) is 3.46. The summed E-state index contributed by atoms with van der Waals surface area (Å²) in [5.41, 5.74) is 7.50. The summed E-state index contributed by atoms with van der Waals surface area (Å²) in [5.74, 6) is 0.960. The maximum Gasteiger partial charge on any atom is 0.172 e. The molecule has 0 unspecified atom stereocenters. The summed E-state index contributed by atoms with van der Waals surface area (Å²) in [6, 6.07) is 7.75. The molecular formula is C13H19N3O. The van der Waals surface area contributed by atoms with E-state index in [1.54, 1.807) is 0 Å². The predicted octanol–water partition coefficient (Wildman–Crippen LogP) is 2.02. The van der Waals surface area contributed by atoms with Gasteiger partial charge in [-0.3, -0.25) is 0 Å². The molecule has 0 radical (unpaired) electrons. The largest absolute Gasteiger partial charge is 0.409 e. The molecule has 3 N–H and O–H groups in total. The second-order valence-electron chi connectivity index (χ2n) is 4.68. The van der Waals surface area contributed by atoms with Gasteiger partial charge in [0.2, 0.25) is 0 Å². The van der Waals surface area contributed by atoms with Crippen LogP contribution in [0.15, 0.2) is 29.4 Å². The van der Waals surface area contributed by atoms with Crippen molar-refractivity contribution in [3.8, 4) is 0 Å². The van der Waals surface area contributed by atoms with Crippen molar-refractivity contribution in [2.24, 2.45) is 16.8 Å². The zero-order valence-corrected chi connectivity index (χ0v) is 10.1. The Bertz CT molecular complexity index is 413. The fourth-order valence-electron chi connectivity index (χ4n) is 2.24. The molecule has 0 amide bonds. The first-order chi connectivity index (χ1) is 8.22. The van der Waals surface area contributed by atoms with Crippen LogP contribution in [0.3, 0.4) is 0 Å². The summed E-state index contributed by atoms with van der Waals surface area (Å²) in [6.07, 6.45) is 3.98. The molecule has 1 fully saturated rings. The summed E-state index contributed by atoms with van der Waals surface area (Å²) in [6.45, 7) is 1.04. The molecule has 1 aromatic carbocycles. The topological polar surface area (TPSA) is 61.8 Å². The highest BCUT2D eigenvalue weighted by Crippen LogP contribution is 2.29. The minimum Gasteiger partial charge on any atom is -0.409 e. The Morgan fingerprint density at radius 1 is 1.47 bits per heavy atom. The molecule has 0 bridgehead atoms. The van der Waals surface area contributed by atoms with Crippen LogP contribution in [0, 0.1) is 5.92 Å². The molecule has 17 heavy (non-hydrogen) atoms. The Hall–Kier alpha value is -1.71. The Morgan fingerprint density at radius 3 is 2.76 bits per heavy atom. The smallest absolute Gasteiger partial charge is 0.172 e. The van der Waals surface area contributed by atoms with Crippen LogP contribution in [-0.2, 0) is 0 Å². The van der Waals surface area contributed by atoms with Crippen molar-refractivity contribution in [3.63, 3.8) is 0 Å². The second-order valence-corrected chi connectivity index (χ2v) is 4.68. The Morgan fingerprint density at radius 2 is 2.18 bits per heavy atom. The summed E-state index contributed by atoms with van der Waals surface area (Å²) in [7, 11) is 2.06. The van der Waals surface area contributed by atoms with Gasteiger partial charge in [0.05, 0.1) is 0 Å². The van der Waals surface area contributed by atoms with E-state index in [1.807, 2.05) is 24.3 Å². The maximum absolute atomic E-state index is 8.78. The van der Waals surface area contributed by atoms with E-state index >= 15 is 0 Å². The van der Waals surface area contributed by atoms with Gasteiger partial charge >= 0.3 is 0 Å². The van der Waals surface area contributed by atoms with Gasteiger partial charge in [-0.15, -0.1) is 0 Å². The highest BCUT2D eigenvalue weighted by molar-refractivity contribution is 6.02. The van der Waals surface area contributed by atoms with Crippen LogP contribution < -0.4 is 10.6 Å². The van der Waals surface area contributed by atoms with E-state index in [4.69, 9.17) is 10.9 Å². The Kier molecular flexibility index (Phi) is 3.52. The molecule has 4 nitrogen and oxygen atoms in total. The third kappa shape index (κ3) is 2.52. The molecule has 1 saturated carbocycles. The average molecular weight is 233 g/mol. The Balaban J connectivity index is 2.18. The number of oxime groups is 1. The monoisotopic (exact) mass is 233 g/mol. The van der Waals surface area contributed by atoms with Crippen LogP contribution in [-0.4, -0.2) is 24.6 Å². The van der Waals surface area contributed by atoms with Gasteiger partial charge in [-0.05, 0) is 30.9 Å². The molecule has 1 aliphatic rings. The molecule has 0 saturated heterocycles. The number of hydrogen-bond acceptors (Lipinski definition) is 3. The number of nitrogens with zero attached hydrogens (tertiary/aromatic N) is 2. The fourth-order valence-corrected chi connectivity index (χ4v) is 2.24. The van der Waals surface area contributed by atoms with Crippen LogP contribution in [0.2, 0.25) is 0 Å². The van der Waals surface area contributed by atoms with E-state index in [1.165, 1.54) is 19.3 Å². The first-order valence-electron chi connectivity index (χ1n) is 6.00. The van der Waals surface area contributed by atoms with Crippen molar-refractivity contribution >= 4 is 11.5 Å². The normalized spacial score (nSPS) is 16.6. The first-order valence-corrected chi connectivity index (χ1v) is 6.00. The number of para-hydroxylation sites is 1. The van der Waals surface area contributed by atoms with Crippen LogP contribution in [0.25, 0.3) is 0 Å². The number of nitrogens with two attached hydrogens (primary N) is 1. The van der Waals surface area contributed by atoms with Crippen molar-refractivity contribution in [1.82, 2.24) is 0 Å². The van der Waals surface area contributed by atoms with E-state index in [-0.39, 0.29) is 5.84 Å². The van der Waals surface area contributed by atoms with Gasteiger partial charge in [0, 0.05) is 24.8 Å². The zero-order chi connectivity index (χ0) is 12.3. The summed E-state index contributed by atoms with van der Waals surface area (Å²) in [4.78, 5) is 2.19. The first kappa shape index (κ1) is 11.8. The van der Waals surface area contributed by atoms with Crippen molar-refractivity contribution in [3.05, 3.63) is 29.8 Å². The number of rotatable bonds is 4. The molecule has 1 aromatic rings. The lowest BCUT2D eigenvalue weighted by Crippen LogP contribution is -2.31. The summed E-state index contributed by atoms with van der Waals surface area (Å²) < 4.78 is 0. The third-order valence-corrected chi connectivity index (χ3v) is 3.46. The van der Waals surface area contributed by atoms with E-state index in [2.05, 4.69) is 17.1 Å². The molecule has 0 aliphatic heterocycles. The molecule has 0 spiro atoms. The maximum atomic E-state index is 8.78. The minimum absolute atomic E-state index is 0.168. The SMILES string of the molecule is CN(CC1CCC1)c1ccccc1C(N)=NO. The Labute approximate surface area is 102 Å². The van der Waals surface area contributed by atoms with Gasteiger partial charge in [0.25, 0.3) is 0 Å². The highest BCUT2D eigenvalue weighted by Gasteiger charge is 2.20. The number of amidine groups is 1. The number of anilines is 1. The van der Waals surface area contributed by atoms with Gasteiger partial charge in [0.15, 0.2) is 5.84 Å². The molecule has 92 valence electrons. The van der Waals surface area contributed by atoms with E-state index in [0.29, 0.717) is 0 Å². The highest BCUT2D eigenvalue weighted by atomic mass is 16.4. The molecule has 0 aromatic heterocycles. The van der Waals surface area contributed by atoms with Gasteiger partial charge in [0.1, 0.15) is 0 Å². The van der Waals surface area contributed by atoms with Gasteiger partial charge < -0.3 is 15.8 Å². The van der Waals surface area contributed by atoms with Crippen LogP contribution in [0.5, 0.6) is 0 Å². The van der Waals surface area contributed by atoms with Crippen molar-refractivity contribution in [1.29, 1.82) is 0 Å². The molecule has 4 heteroatoms. The number of benzene rings is 1. The lowest BCUT2D eigenvalue weighted by molar-refractivity contribution is 0.318. The van der Waals surface area contributed by atoms with E-state index in [9.17, 15) is 0 Å². The van der Waals surface area contributed by atoms with Gasteiger partial charge in [-0.25, -0.2) is 0 Å². The van der Waals surface area contributed by atoms with E-state index < -0.39 is 0 Å². The average Bonchev–Trinajstić information content (AvgIpc) is 2.32. The molecule has 0 heterocycles. The predicted molar refractivity (Wildman–Crippen MR) is 69.6 cm³/mol. The summed E-state index contributed by atoms with van der Waals surface area (Å²) >= 11 is 0.